The fourth-order valence-electron chi connectivity index (χ4n) is 7.98. The molecule has 0 radical (unpaired) electrons. The molecule has 6 heteroatoms. The number of aromatic nitrogens is 4. The van der Waals surface area contributed by atoms with Gasteiger partial charge in [0.05, 0.1) is 27.9 Å². The number of para-hydroxylation sites is 3. The van der Waals surface area contributed by atoms with Gasteiger partial charge in [0.15, 0.2) is 0 Å². The molecule has 0 amide bonds. The van der Waals surface area contributed by atoms with Crippen LogP contribution in [0.4, 0.5) is 34.3 Å². The zero-order valence-electron chi connectivity index (χ0n) is 29.3. The Kier molecular flexibility index (Phi) is 7.05. The number of fused-ring (bicyclic) bond motifs is 8. The molecule has 0 spiro atoms. The summed E-state index contributed by atoms with van der Waals surface area (Å²) in [4.78, 5) is 24.8. The minimum Gasteiger partial charge on any atom is -0.310 e. The molecule has 0 fully saturated rings. The van der Waals surface area contributed by atoms with Gasteiger partial charge < -0.3 is 4.90 Å². The van der Waals surface area contributed by atoms with Crippen molar-refractivity contribution < 1.29 is 0 Å². The quantitative estimate of drug-likeness (QED) is 0.168. The summed E-state index contributed by atoms with van der Waals surface area (Å²) in [5, 5.41) is 1.85. The number of nitrogens with zero attached hydrogens (tertiary/aromatic N) is 6. The molecule has 252 valence electrons. The van der Waals surface area contributed by atoms with Gasteiger partial charge in [0.1, 0.15) is 11.3 Å². The average Bonchev–Trinajstić information content (AvgIpc) is 3.22. The minimum atomic E-state index is -0.289. The van der Waals surface area contributed by atoms with E-state index in [1.54, 1.807) is 12.4 Å². The fourth-order valence-corrected chi connectivity index (χ4v) is 7.98. The van der Waals surface area contributed by atoms with Crippen molar-refractivity contribution in [2.45, 2.75) is 19.3 Å². The maximum atomic E-state index is 5.46. The Morgan fingerprint density at radius 1 is 0.472 bits per heavy atom. The molecule has 4 heterocycles. The summed E-state index contributed by atoms with van der Waals surface area (Å²) < 4.78 is 0. The molecule has 9 aromatic rings. The van der Waals surface area contributed by atoms with Crippen molar-refractivity contribution in [3.63, 3.8) is 0 Å². The van der Waals surface area contributed by atoms with Crippen molar-refractivity contribution in [1.29, 1.82) is 0 Å². The molecular formula is C47H34N6. The largest absolute Gasteiger partial charge is 0.310 e. The van der Waals surface area contributed by atoms with Gasteiger partial charge in [-0.2, -0.15) is 0 Å². The van der Waals surface area contributed by atoms with Gasteiger partial charge in [-0.15, -0.1) is 0 Å². The van der Waals surface area contributed by atoms with E-state index in [0.717, 1.165) is 78.2 Å². The molecule has 0 saturated carbocycles. The van der Waals surface area contributed by atoms with Crippen molar-refractivity contribution in [3.05, 3.63) is 181 Å². The van der Waals surface area contributed by atoms with Crippen LogP contribution in [0.2, 0.25) is 0 Å². The van der Waals surface area contributed by atoms with Gasteiger partial charge in [-0.3, -0.25) is 19.9 Å². The smallest absolute Gasteiger partial charge is 0.138 e. The molecule has 0 atom stereocenters. The van der Waals surface area contributed by atoms with Gasteiger partial charge in [0.25, 0.3) is 0 Å². The van der Waals surface area contributed by atoms with Gasteiger partial charge >= 0.3 is 0 Å². The van der Waals surface area contributed by atoms with Crippen LogP contribution in [0.3, 0.4) is 0 Å². The first kappa shape index (κ1) is 30.9. The molecule has 53 heavy (non-hydrogen) atoms. The predicted molar refractivity (Wildman–Crippen MR) is 217 cm³/mol. The van der Waals surface area contributed by atoms with E-state index in [9.17, 15) is 0 Å². The van der Waals surface area contributed by atoms with E-state index in [1.165, 1.54) is 11.1 Å². The predicted octanol–water partition coefficient (Wildman–Crippen LogP) is 12.0. The SMILES string of the molecule is CC1(C)c2ccccc2N(c2ccc3c4nccnc4c4cc(-c5ccccc5)cnc4c3n2)c2ccc(N(c3ccccc3)c3ccccc3)cc21. The molecule has 0 aliphatic carbocycles. The highest BCUT2D eigenvalue weighted by molar-refractivity contribution is 6.21. The third-order valence-corrected chi connectivity index (χ3v) is 10.5. The summed E-state index contributed by atoms with van der Waals surface area (Å²) in [5.41, 5.74) is 13.0. The first-order chi connectivity index (χ1) is 26.1. The van der Waals surface area contributed by atoms with Crippen LogP contribution in [0.1, 0.15) is 25.0 Å². The number of rotatable bonds is 5. The number of pyridine rings is 2. The van der Waals surface area contributed by atoms with E-state index in [1.807, 2.05) is 24.4 Å². The number of anilines is 6. The Morgan fingerprint density at radius 3 is 1.79 bits per heavy atom. The van der Waals surface area contributed by atoms with Gasteiger partial charge in [-0.25, -0.2) is 4.98 Å². The first-order valence-electron chi connectivity index (χ1n) is 17.9. The van der Waals surface area contributed by atoms with E-state index < -0.39 is 0 Å². The summed E-state index contributed by atoms with van der Waals surface area (Å²) in [6, 6.07) is 53.4. The lowest BCUT2D eigenvalue weighted by Crippen LogP contribution is -2.31. The second kappa shape index (κ2) is 12.1. The standard InChI is InChI=1S/C47H34N6/c1-47(2)38-20-12-13-21-40(38)53(41-24-22-35(29-39(41)47)52(33-16-8-4-9-17-33)34-18-10-5-11-19-34)42-25-23-36-43-44(49-27-26-48-43)37-28-32(31-14-6-3-7-15-31)30-50-45(37)46(36)51-42/h3-30H,1-2H3. The van der Waals surface area contributed by atoms with Gasteiger partial charge in [0.2, 0.25) is 0 Å². The van der Waals surface area contributed by atoms with Gasteiger partial charge in [-0.1, -0.05) is 98.8 Å². The van der Waals surface area contributed by atoms with E-state index >= 15 is 0 Å². The fraction of sp³-hybridized carbons (Fsp3) is 0.0638. The zero-order chi connectivity index (χ0) is 35.5. The van der Waals surface area contributed by atoms with E-state index in [4.69, 9.17) is 19.9 Å². The average molecular weight is 683 g/mol. The lowest BCUT2D eigenvalue weighted by atomic mass is 9.73. The zero-order valence-corrected chi connectivity index (χ0v) is 29.3. The molecule has 6 aromatic carbocycles. The van der Waals surface area contributed by atoms with Crippen LogP contribution in [0.5, 0.6) is 0 Å². The number of hydrogen-bond acceptors (Lipinski definition) is 6. The lowest BCUT2D eigenvalue weighted by Gasteiger charge is -2.42. The Balaban J connectivity index is 1.19. The molecule has 6 nitrogen and oxygen atoms in total. The van der Waals surface area contributed by atoms with Crippen LogP contribution in [0, 0.1) is 0 Å². The third kappa shape index (κ3) is 4.94. The van der Waals surface area contributed by atoms with Crippen LogP contribution in [0.25, 0.3) is 44.0 Å². The Labute approximate surface area is 307 Å². The second-order valence-corrected chi connectivity index (χ2v) is 14.0. The lowest BCUT2D eigenvalue weighted by molar-refractivity contribution is 0.631. The van der Waals surface area contributed by atoms with E-state index in [-0.39, 0.29) is 5.41 Å². The molecule has 3 aromatic heterocycles. The van der Waals surface area contributed by atoms with Crippen LogP contribution in [0.15, 0.2) is 170 Å². The van der Waals surface area contributed by atoms with Crippen molar-refractivity contribution in [3.8, 4) is 11.1 Å². The van der Waals surface area contributed by atoms with Gasteiger partial charge in [0, 0.05) is 57.4 Å². The molecule has 0 bridgehead atoms. The molecule has 10 rings (SSSR count). The van der Waals surface area contributed by atoms with E-state index in [2.05, 4.69) is 157 Å². The summed E-state index contributed by atoms with van der Waals surface area (Å²) >= 11 is 0. The van der Waals surface area contributed by atoms with Crippen molar-refractivity contribution in [2.75, 3.05) is 9.80 Å². The Morgan fingerprint density at radius 2 is 1.08 bits per heavy atom. The molecular weight excluding hydrogens is 649 g/mol. The van der Waals surface area contributed by atoms with E-state index in [0.29, 0.717) is 0 Å². The van der Waals surface area contributed by atoms with Crippen LogP contribution in [-0.4, -0.2) is 19.9 Å². The normalized spacial score (nSPS) is 13.2. The molecule has 0 N–H and O–H groups in total. The highest BCUT2D eigenvalue weighted by Gasteiger charge is 2.38. The van der Waals surface area contributed by atoms with Crippen molar-refractivity contribution >= 4 is 67.1 Å². The van der Waals surface area contributed by atoms with Gasteiger partial charge in [-0.05, 0) is 83.4 Å². The summed E-state index contributed by atoms with van der Waals surface area (Å²) in [5.74, 6) is 0.816. The maximum absolute atomic E-state index is 5.46. The van der Waals surface area contributed by atoms with Crippen molar-refractivity contribution in [2.24, 2.45) is 0 Å². The summed E-state index contributed by atoms with van der Waals surface area (Å²) in [6.07, 6.45) is 5.44. The molecule has 1 aliphatic heterocycles. The maximum Gasteiger partial charge on any atom is 0.138 e. The van der Waals surface area contributed by atoms with Crippen LogP contribution >= 0.6 is 0 Å². The topological polar surface area (TPSA) is 58.0 Å². The number of benzene rings is 6. The molecule has 0 saturated heterocycles. The Hall–Kier alpha value is -6.92. The van der Waals surface area contributed by atoms with Crippen LogP contribution in [-0.2, 0) is 5.41 Å². The third-order valence-electron chi connectivity index (χ3n) is 10.5. The highest BCUT2D eigenvalue weighted by Crippen LogP contribution is 2.53. The minimum absolute atomic E-state index is 0.289. The Bertz CT molecular complexity index is 2780. The van der Waals surface area contributed by atoms with Crippen molar-refractivity contribution in [1.82, 2.24) is 19.9 Å². The first-order valence-corrected chi connectivity index (χ1v) is 17.9. The highest BCUT2D eigenvalue weighted by atomic mass is 15.2. The van der Waals surface area contributed by atoms with Crippen LogP contribution < -0.4 is 9.80 Å². The summed E-state index contributed by atoms with van der Waals surface area (Å²) in [6.45, 7) is 4.64. The number of hydrogen-bond donors (Lipinski definition) is 0. The molecule has 0 unspecified atom stereocenters. The second-order valence-electron chi connectivity index (χ2n) is 14.0. The molecule has 1 aliphatic rings. The summed E-state index contributed by atoms with van der Waals surface area (Å²) in [7, 11) is 0. The monoisotopic (exact) mass is 682 g/mol.